The molecule has 0 bridgehead atoms. The highest BCUT2D eigenvalue weighted by Gasteiger charge is 2.38. The number of piperazine rings is 1. The Bertz CT molecular complexity index is 1130. The van der Waals surface area contributed by atoms with E-state index in [0.717, 1.165) is 17.5 Å². The van der Waals surface area contributed by atoms with E-state index in [0.29, 0.717) is 13.1 Å². The second-order valence-electron chi connectivity index (χ2n) is 8.68. The first-order valence-corrected chi connectivity index (χ1v) is 12.6. The number of hydrogen-bond acceptors (Lipinski definition) is 5. The van der Waals surface area contributed by atoms with E-state index < -0.39 is 15.9 Å². The van der Waals surface area contributed by atoms with Crippen molar-refractivity contribution in [3.63, 3.8) is 0 Å². The Labute approximate surface area is 194 Å². The van der Waals surface area contributed by atoms with Crippen LogP contribution in [0.3, 0.4) is 0 Å². The Morgan fingerprint density at radius 1 is 1.06 bits per heavy atom. The van der Waals surface area contributed by atoms with Crippen LogP contribution in [0, 0.1) is 12.8 Å². The third-order valence-electron chi connectivity index (χ3n) is 6.36. The molecule has 2 aromatic carbocycles. The zero-order valence-corrected chi connectivity index (χ0v) is 19.5. The number of aromatic hydroxyl groups is 1. The van der Waals surface area contributed by atoms with E-state index >= 15 is 0 Å². The van der Waals surface area contributed by atoms with E-state index in [1.54, 1.807) is 22.8 Å². The Balaban J connectivity index is 1.33. The molecule has 2 aliphatic heterocycles. The van der Waals surface area contributed by atoms with Crippen LogP contribution in [-0.4, -0.2) is 78.7 Å². The predicted octanol–water partition coefficient (Wildman–Crippen LogP) is 1.62. The summed E-state index contributed by atoms with van der Waals surface area (Å²) in [5.74, 6) is -0.780. The zero-order chi connectivity index (χ0) is 23.6. The monoisotopic (exact) mass is 471 g/mol. The molecular weight excluding hydrogens is 442 g/mol. The average Bonchev–Trinajstić information content (AvgIpc) is 3.20. The third kappa shape index (κ3) is 5.04. The number of carbonyl (C=O) groups is 2. The first-order chi connectivity index (χ1) is 15.8. The minimum absolute atomic E-state index is 0.0135. The van der Waals surface area contributed by atoms with Crippen LogP contribution in [0.15, 0.2) is 53.4 Å². The summed E-state index contributed by atoms with van der Waals surface area (Å²) in [6, 6.07) is 14.4. The quantitative estimate of drug-likeness (QED) is 0.691. The Morgan fingerprint density at radius 2 is 1.76 bits per heavy atom. The van der Waals surface area contributed by atoms with Crippen LogP contribution in [-0.2, 0) is 26.0 Å². The first-order valence-electron chi connectivity index (χ1n) is 11.2. The van der Waals surface area contributed by atoms with Gasteiger partial charge in [-0.25, -0.2) is 8.42 Å². The van der Waals surface area contributed by atoms with Gasteiger partial charge in [0.25, 0.3) is 0 Å². The zero-order valence-electron chi connectivity index (χ0n) is 18.7. The summed E-state index contributed by atoms with van der Waals surface area (Å²) in [5.41, 5.74) is 1.89. The second-order valence-corrected chi connectivity index (χ2v) is 10.6. The number of rotatable bonds is 6. The minimum Gasteiger partial charge on any atom is -0.507 e. The summed E-state index contributed by atoms with van der Waals surface area (Å²) in [4.78, 5) is 28.8. The molecule has 0 aliphatic carbocycles. The lowest BCUT2D eigenvalue weighted by atomic mass is 10.1. The molecule has 2 amide bonds. The number of phenols is 1. The predicted molar refractivity (Wildman–Crippen MR) is 123 cm³/mol. The molecule has 9 heteroatoms. The SMILES string of the molecule is Cc1ccc(O)c(S(=O)(=O)N2CCN(C(=O)C3CC(=O)N(CCc4ccccc4)C3)CC2)c1. The summed E-state index contributed by atoms with van der Waals surface area (Å²) >= 11 is 0. The molecule has 1 N–H and O–H groups in total. The number of benzene rings is 2. The molecule has 2 aromatic rings. The molecule has 0 saturated carbocycles. The second kappa shape index (κ2) is 9.52. The molecule has 1 atom stereocenters. The van der Waals surface area contributed by atoms with Gasteiger partial charge in [0.15, 0.2) is 0 Å². The van der Waals surface area contributed by atoms with Gasteiger partial charge in [-0.05, 0) is 36.6 Å². The summed E-state index contributed by atoms with van der Waals surface area (Å²) in [6.07, 6.45) is 0.944. The maximum Gasteiger partial charge on any atom is 0.246 e. The lowest BCUT2D eigenvalue weighted by molar-refractivity contribution is -0.137. The molecule has 2 aliphatic rings. The van der Waals surface area contributed by atoms with Crippen LogP contribution < -0.4 is 0 Å². The van der Waals surface area contributed by atoms with Crippen molar-refractivity contribution in [1.82, 2.24) is 14.1 Å². The van der Waals surface area contributed by atoms with Crippen molar-refractivity contribution in [3.8, 4) is 5.75 Å². The molecule has 2 fully saturated rings. The molecular formula is C24H29N3O5S. The van der Waals surface area contributed by atoms with E-state index in [1.807, 2.05) is 30.3 Å². The summed E-state index contributed by atoms with van der Waals surface area (Å²) in [5, 5.41) is 10.0. The average molecular weight is 472 g/mol. The molecule has 176 valence electrons. The van der Waals surface area contributed by atoms with E-state index in [4.69, 9.17) is 0 Å². The van der Waals surface area contributed by atoms with Gasteiger partial charge in [-0.1, -0.05) is 36.4 Å². The molecule has 1 unspecified atom stereocenters. The number of hydrogen-bond donors (Lipinski definition) is 1. The molecule has 2 saturated heterocycles. The fourth-order valence-corrected chi connectivity index (χ4v) is 6.03. The topological polar surface area (TPSA) is 98.2 Å². The molecule has 33 heavy (non-hydrogen) atoms. The van der Waals surface area contributed by atoms with Crippen molar-refractivity contribution in [1.29, 1.82) is 0 Å². The van der Waals surface area contributed by atoms with E-state index in [2.05, 4.69) is 0 Å². The number of nitrogens with zero attached hydrogens (tertiary/aromatic N) is 3. The number of phenolic OH excluding ortho intramolecular Hbond substituents is 1. The Kier molecular flexibility index (Phi) is 6.71. The minimum atomic E-state index is -3.85. The van der Waals surface area contributed by atoms with Gasteiger partial charge in [0.1, 0.15) is 10.6 Å². The van der Waals surface area contributed by atoms with Crippen molar-refractivity contribution < 1.29 is 23.1 Å². The van der Waals surface area contributed by atoms with Crippen LogP contribution in [0.25, 0.3) is 0 Å². The molecule has 2 heterocycles. The van der Waals surface area contributed by atoms with Crippen molar-refractivity contribution >= 4 is 21.8 Å². The molecule has 0 aromatic heterocycles. The summed E-state index contributed by atoms with van der Waals surface area (Å²) in [7, 11) is -3.85. The van der Waals surface area contributed by atoms with Crippen LogP contribution in [0.5, 0.6) is 5.75 Å². The van der Waals surface area contributed by atoms with Crippen LogP contribution in [0.2, 0.25) is 0 Å². The largest absolute Gasteiger partial charge is 0.507 e. The van der Waals surface area contributed by atoms with Gasteiger partial charge >= 0.3 is 0 Å². The molecule has 8 nitrogen and oxygen atoms in total. The fraction of sp³-hybridized carbons (Fsp3) is 0.417. The van der Waals surface area contributed by atoms with Crippen molar-refractivity contribution in [2.24, 2.45) is 5.92 Å². The van der Waals surface area contributed by atoms with Gasteiger partial charge in [-0.2, -0.15) is 4.31 Å². The number of amides is 2. The smallest absolute Gasteiger partial charge is 0.246 e. The standard InChI is InChI=1S/C24H29N3O5S/c1-18-7-8-21(28)22(15-18)33(31,32)27-13-11-25(12-14-27)24(30)20-16-23(29)26(17-20)10-9-19-5-3-2-4-6-19/h2-8,15,20,28H,9-14,16-17H2,1H3. The van der Waals surface area contributed by atoms with Crippen LogP contribution in [0.4, 0.5) is 0 Å². The van der Waals surface area contributed by atoms with Crippen molar-refractivity contribution in [3.05, 3.63) is 59.7 Å². The number of likely N-dealkylation sites (tertiary alicyclic amines) is 1. The van der Waals surface area contributed by atoms with Crippen molar-refractivity contribution in [2.75, 3.05) is 39.3 Å². The Hall–Kier alpha value is -2.91. The van der Waals surface area contributed by atoms with Gasteiger partial charge in [0, 0.05) is 45.7 Å². The van der Waals surface area contributed by atoms with E-state index in [1.165, 1.54) is 16.4 Å². The van der Waals surface area contributed by atoms with Crippen LogP contribution >= 0.6 is 0 Å². The molecule has 4 rings (SSSR count). The Morgan fingerprint density at radius 3 is 2.45 bits per heavy atom. The third-order valence-corrected chi connectivity index (χ3v) is 8.29. The normalized spacial score (nSPS) is 19.8. The molecule has 0 spiro atoms. The highest BCUT2D eigenvalue weighted by atomic mass is 32.2. The fourth-order valence-electron chi connectivity index (χ4n) is 4.44. The maximum absolute atomic E-state index is 13.0. The van der Waals surface area contributed by atoms with Gasteiger partial charge in [-0.15, -0.1) is 0 Å². The van der Waals surface area contributed by atoms with E-state index in [9.17, 15) is 23.1 Å². The number of carbonyl (C=O) groups excluding carboxylic acids is 2. The number of aryl methyl sites for hydroxylation is 1. The van der Waals surface area contributed by atoms with Crippen molar-refractivity contribution in [2.45, 2.75) is 24.7 Å². The first kappa shape index (κ1) is 23.3. The van der Waals surface area contributed by atoms with Crippen LogP contribution in [0.1, 0.15) is 17.5 Å². The summed E-state index contributed by atoms with van der Waals surface area (Å²) in [6.45, 7) is 3.58. The highest BCUT2D eigenvalue weighted by molar-refractivity contribution is 7.89. The maximum atomic E-state index is 13.0. The summed E-state index contributed by atoms with van der Waals surface area (Å²) < 4.78 is 27.3. The van der Waals surface area contributed by atoms with Gasteiger partial charge in [0.05, 0.1) is 5.92 Å². The lowest BCUT2D eigenvalue weighted by Crippen LogP contribution is -2.52. The van der Waals surface area contributed by atoms with Gasteiger partial charge in [0.2, 0.25) is 21.8 Å². The highest BCUT2D eigenvalue weighted by Crippen LogP contribution is 2.28. The lowest BCUT2D eigenvalue weighted by Gasteiger charge is -2.35. The number of sulfonamides is 1. The van der Waals surface area contributed by atoms with Gasteiger partial charge < -0.3 is 14.9 Å². The van der Waals surface area contributed by atoms with E-state index in [-0.39, 0.29) is 55.1 Å². The molecule has 0 radical (unpaired) electrons. The van der Waals surface area contributed by atoms with Gasteiger partial charge in [-0.3, -0.25) is 9.59 Å².